The monoisotopic (exact) mass is 215 g/mol. The van der Waals surface area contributed by atoms with E-state index in [-0.39, 0.29) is 18.7 Å². The van der Waals surface area contributed by atoms with Gasteiger partial charge in [-0.2, -0.15) is 0 Å². The summed E-state index contributed by atoms with van der Waals surface area (Å²) in [5, 5.41) is 8.94. The van der Waals surface area contributed by atoms with Crippen molar-refractivity contribution < 1.29 is 14.6 Å². The van der Waals surface area contributed by atoms with Gasteiger partial charge in [-0.05, 0) is 32.6 Å². The van der Waals surface area contributed by atoms with Crippen LogP contribution in [0.4, 0.5) is 4.79 Å². The Morgan fingerprint density at radius 2 is 2.07 bits per heavy atom. The van der Waals surface area contributed by atoms with Gasteiger partial charge in [0.1, 0.15) is 0 Å². The molecule has 1 rings (SSSR count). The van der Waals surface area contributed by atoms with E-state index in [9.17, 15) is 4.79 Å². The third kappa shape index (κ3) is 2.84. The van der Waals surface area contributed by atoms with Gasteiger partial charge < -0.3 is 14.7 Å². The minimum absolute atomic E-state index is 0.136. The molecule has 15 heavy (non-hydrogen) atoms. The summed E-state index contributed by atoms with van der Waals surface area (Å²) in [5.41, 5.74) is 0. The summed E-state index contributed by atoms with van der Waals surface area (Å²) < 4.78 is 5.04. The Morgan fingerprint density at radius 3 is 2.60 bits per heavy atom. The normalized spacial score (nSPS) is 25.7. The van der Waals surface area contributed by atoms with E-state index in [1.165, 1.54) is 0 Å². The van der Waals surface area contributed by atoms with Crippen LogP contribution in [0.1, 0.15) is 39.5 Å². The van der Waals surface area contributed by atoms with Crippen LogP contribution in [-0.2, 0) is 4.74 Å². The predicted octanol–water partition coefficient (Wildman–Crippen LogP) is 1.77. The first-order chi connectivity index (χ1) is 7.24. The molecular formula is C11H21NO3. The van der Waals surface area contributed by atoms with Crippen molar-refractivity contribution >= 4 is 6.09 Å². The summed E-state index contributed by atoms with van der Waals surface area (Å²) in [6.45, 7) is 4.45. The maximum atomic E-state index is 11.7. The van der Waals surface area contributed by atoms with Gasteiger partial charge in [0.15, 0.2) is 0 Å². The smallest absolute Gasteiger partial charge is 0.410 e. The van der Waals surface area contributed by atoms with Gasteiger partial charge in [-0.15, -0.1) is 0 Å². The van der Waals surface area contributed by atoms with Gasteiger partial charge in [-0.1, -0.05) is 6.92 Å². The van der Waals surface area contributed by atoms with Gasteiger partial charge >= 0.3 is 6.09 Å². The van der Waals surface area contributed by atoms with Crippen LogP contribution in [0.5, 0.6) is 0 Å². The number of hydrogen-bond donors (Lipinski definition) is 1. The van der Waals surface area contributed by atoms with Crippen molar-refractivity contribution in [1.82, 2.24) is 4.90 Å². The summed E-state index contributed by atoms with van der Waals surface area (Å²) in [6, 6.07) is 0.458. The Kier molecular flexibility index (Phi) is 4.88. The van der Waals surface area contributed by atoms with Crippen molar-refractivity contribution in [3.8, 4) is 0 Å². The molecule has 0 aromatic rings. The van der Waals surface area contributed by atoms with Crippen molar-refractivity contribution in [1.29, 1.82) is 0 Å². The van der Waals surface area contributed by atoms with Gasteiger partial charge in [-0.25, -0.2) is 4.79 Å². The van der Waals surface area contributed by atoms with Gasteiger partial charge in [0.2, 0.25) is 0 Å². The van der Waals surface area contributed by atoms with Gasteiger partial charge in [0.05, 0.1) is 6.61 Å². The average molecular weight is 215 g/mol. The van der Waals surface area contributed by atoms with Gasteiger partial charge in [0.25, 0.3) is 0 Å². The Morgan fingerprint density at radius 1 is 1.40 bits per heavy atom. The minimum Gasteiger partial charge on any atom is -0.450 e. The number of carbonyl (C=O) groups excluding carboxylic acids is 1. The predicted molar refractivity (Wildman–Crippen MR) is 57.7 cm³/mol. The lowest BCUT2D eigenvalue weighted by molar-refractivity contribution is 0.0816. The highest BCUT2D eigenvalue weighted by Crippen LogP contribution is 2.28. The first-order valence-corrected chi connectivity index (χ1v) is 5.80. The molecule has 1 saturated heterocycles. The molecule has 2 unspecified atom stereocenters. The highest BCUT2D eigenvalue weighted by atomic mass is 16.6. The third-order valence-corrected chi connectivity index (χ3v) is 3.03. The SMILES string of the molecule is CCOC(=O)N1C(CC)CCC1CCO. The van der Waals surface area contributed by atoms with Crippen LogP contribution >= 0.6 is 0 Å². The maximum absolute atomic E-state index is 11.7. The number of aliphatic hydroxyl groups excluding tert-OH is 1. The zero-order chi connectivity index (χ0) is 11.3. The molecule has 1 N–H and O–H groups in total. The lowest BCUT2D eigenvalue weighted by Crippen LogP contribution is -2.41. The van der Waals surface area contributed by atoms with Crippen LogP contribution in [0.2, 0.25) is 0 Å². The van der Waals surface area contributed by atoms with E-state index in [1.807, 2.05) is 11.8 Å². The number of likely N-dealkylation sites (tertiary alicyclic amines) is 1. The second-order valence-corrected chi connectivity index (χ2v) is 3.91. The van der Waals surface area contributed by atoms with E-state index in [1.54, 1.807) is 0 Å². The van der Waals surface area contributed by atoms with E-state index in [4.69, 9.17) is 9.84 Å². The summed E-state index contributed by atoms with van der Waals surface area (Å²) in [7, 11) is 0. The Hall–Kier alpha value is -0.770. The number of rotatable bonds is 4. The molecule has 0 aromatic heterocycles. The Balaban J connectivity index is 2.62. The molecule has 1 heterocycles. The molecule has 1 fully saturated rings. The third-order valence-electron chi connectivity index (χ3n) is 3.03. The number of nitrogens with zero attached hydrogens (tertiary/aromatic N) is 1. The van der Waals surface area contributed by atoms with E-state index in [0.29, 0.717) is 19.1 Å². The van der Waals surface area contributed by atoms with E-state index >= 15 is 0 Å². The largest absolute Gasteiger partial charge is 0.450 e. The molecule has 88 valence electrons. The fourth-order valence-electron chi connectivity index (χ4n) is 2.29. The number of carbonyl (C=O) groups is 1. The van der Waals surface area contributed by atoms with E-state index in [0.717, 1.165) is 19.3 Å². The quantitative estimate of drug-likeness (QED) is 0.777. The molecule has 1 aliphatic heterocycles. The summed E-state index contributed by atoms with van der Waals surface area (Å²) in [6.07, 6.45) is 3.41. The molecule has 4 heteroatoms. The molecule has 0 bridgehead atoms. The highest BCUT2D eigenvalue weighted by molar-refractivity contribution is 5.68. The van der Waals surface area contributed by atoms with Crippen LogP contribution in [0.15, 0.2) is 0 Å². The molecule has 0 radical (unpaired) electrons. The van der Waals surface area contributed by atoms with Crippen LogP contribution in [-0.4, -0.2) is 41.4 Å². The zero-order valence-electron chi connectivity index (χ0n) is 9.61. The second-order valence-electron chi connectivity index (χ2n) is 3.91. The fraction of sp³-hybridized carbons (Fsp3) is 0.909. The first kappa shape index (κ1) is 12.3. The molecule has 0 aliphatic carbocycles. The molecule has 0 saturated carbocycles. The minimum atomic E-state index is -0.222. The van der Waals surface area contributed by atoms with E-state index in [2.05, 4.69) is 6.92 Å². The van der Waals surface area contributed by atoms with Crippen molar-refractivity contribution in [3.63, 3.8) is 0 Å². The second kappa shape index (κ2) is 5.95. The van der Waals surface area contributed by atoms with Crippen LogP contribution < -0.4 is 0 Å². The topological polar surface area (TPSA) is 49.8 Å². The molecule has 4 nitrogen and oxygen atoms in total. The summed E-state index contributed by atoms with van der Waals surface area (Å²) in [5.74, 6) is 0. The Labute approximate surface area is 91.2 Å². The van der Waals surface area contributed by atoms with Crippen molar-refractivity contribution in [2.24, 2.45) is 0 Å². The summed E-state index contributed by atoms with van der Waals surface area (Å²) >= 11 is 0. The van der Waals surface area contributed by atoms with E-state index < -0.39 is 0 Å². The van der Waals surface area contributed by atoms with Crippen molar-refractivity contribution in [2.75, 3.05) is 13.2 Å². The number of amides is 1. The van der Waals surface area contributed by atoms with Crippen molar-refractivity contribution in [3.05, 3.63) is 0 Å². The van der Waals surface area contributed by atoms with Gasteiger partial charge in [0, 0.05) is 18.7 Å². The van der Waals surface area contributed by atoms with Crippen LogP contribution in [0, 0.1) is 0 Å². The van der Waals surface area contributed by atoms with Crippen LogP contribution in [0.3, 0.4) is 0 Å². The highest BCUT2D eigenvalue weighted by Gasteiger charge is 2.36. The molecule has 1 aliphatic rings. The molecule has 0 spiro atoms. The average Bonchev–Trinajstić information content (AvgIpc) is 2.62. The van der Waals surface area contributed by atoms with Crippen molar-refractivity contribution in [2.45, 2.75) is 51.6 Å². The molecule has 2 atom stereocenters. The number of ether oxygens (including phenoxy) is 1. The lowest BCUT2D eigenvalue weighted by atomic mass is 10.1. The maximum Gasteiger partial charge on any atom is 0.410 e. The number of aliphatic hydroxyl groups is 1. The summed E-state index contributed by atoms with van der Waals surface area (Å²) in [4.78, 5) is 13.5. The van der Waals surface area contributed by atoms with Crippen LogP contribution in [0.25, 0.3) is 0 Å². The standard InChI is InChI=1S/C11H21NO3/c1-3-9-5-6-10(7-8-13)12(9)11(14)15-4-2/h9-10,13H,3-8H2,1-2H3. The molecule has 0 aromatic carbocycles. The molecular weight excluding hydrogens is 194 g/mol. The fourth-order valence-corrected chi connectivity index (χ4v) is 2.29. The first-order valence-electron chi connectivity index (χ1n) is 5.80. The zero-order valence-corrected chi connectivity index (χ0v) is 9.61. The van der Waals surface area contributed by atoms with Gasteiger partial charge in [-0.3, -0.25) is 0 Å². The number of hydrogen-bond acceptors (Lipinski definition) is 3. The lowest BCUT2D eigenvalue weighted by Gasteiger charge is -2.28. The Bertz CT molecular complexity index is 208. The molecule has 1 amide bonds.